The largest absolute Gasteiger partial charge is 0.497 e. The van der Waals surface area contributed by atoms with Crippen molar-refractivity contribution < 1.29 is 9.53 Å². The van der Waals surface area contributed by atoms with Crippen LogP contribution in [0.25, 0.3) is 0 Å². The van der Waals surface area contributed by atoms with Gasteiger partial charge in [-0.3, -0.25) is 4.79 Å². The molecule has 1 aliphatic rings. The third-order valence-electron chi connectivity index (χ3n) is 3.22. The lowest BCUT2D eigenvalue weighted by Crippen LogP contribution is -2.36. The van der Waals surface area contributed by atoms with Crippen LogP contribution in [0.4, 0.5) is 0 Å². The Bertz CT molecular complexity index is 366. The Morgan fingerprint density at radius 2 is 1.82 bits per heavy atom. The van der Waals surface area contributed by atoms with Crippen molar-refractivity contribution in [3.8, 4) is 5.75 Å². The van der Waals surface area contributed by atoms with E-state index in [9.17, 15) is 4.79 Å². The number of hydrogen-bond donors (Lipinski definition) is 0. The van der Waals surface area contributed by atoms with Gasteiger partial charge in [0, 0.05) is 13.1 Å². The van der Waals surface area contributed by atoms with E-state index in [2.05, 4.69) is 0 Å². The number of carbonyl (C=O) groups is 1. The molecule has 0 atom stereocenters. The summed E-state index contributed by atoms with van der Waals surface area (Å²) >= 11 is 0. The van der Waals surface area contributed by atoms with Crippen LogP contribution in [-0.4, -0.2) is 31.0 Å². The van der Waals surface area contributed by atoms with E-state index in [0.29, 0.717) is 6.42 Å². The monoisotopic (exact) mass is 233 g/mol. The first-order valence-corrected chi connectivity index (χ1v) is 6.20. The molecule has 2 rings (SSSR count). The molecule has 1 aromatic carbocycles. The molecule has 3 heteroatoms. The summed E-state index contributed by atoms with van der Waals surface area (Å²) in [7, 11) is 1.65. The summed E-state index contributed by atoms with van der Waals surface area (Å²) in [4.78, 5) is 14.0. The van der Waals surface area contributed by atoms with E-state index in [1.54, 1.807) is 7.11 Å². The van der Waals surface area contributed by atoms with Crippen molar-refractivity contribution in [1.29, 1.82) is 0 Å². The molecule has 0 aliphatic carbocycles. The van der Waals surface area contributed by atoms with Gasteiger partial charge in [-0.1, -0.05) is 12.1 Å². The van der Waals surface area contributed by atoms with Crippen LogP contribution >= 0.6 is 0 Å². The number of rotatable bonds is 3. The number of amides is 1. The highest BCUT2D eigenvalue weighted by Crippen LogP contribution is 2.14. The predicted octanol–water partition coefficient (Wildman–Crippen LogP) is 2.25. The minimum atomic E-state index is 0.245. The van der Waals surface area contributed by atoms with Gasteiger partial charge in [-0.15, -0.1) is 0 Å². The highest BCUT2D eigenvalue weighted by atomic mass is 16.5. The second-order valence-electron chi connectivity index (χ2n) is 4.47. The molecule has 92 valence electrons. The molecule has 0 N–H and O–H groups in total. The zero-order valence-corrected chi connectivity index (χ0v) is 10.3. The number of methoxy groups -OCH3 is 1. The third kappa shape index (κ3) is 3.22. The van der Waals surface area contributed by atoms with E-state index >= 15 is 0 Å². The normalized spacial score (nSPS) is 15.7. The SMILES string of the molecule is COc1ccc(CC(=O)N2CCCCC2)cc1. The molecular formula is C14H19NO2. The smallest absolute Gasteiger partial charge is 0.226 e. The van der Waals surface area contributed by atoms with Crippen molar-refractivity contribution in [2.45, 2.75) is 25.7 Å². The van der Waals surface area contributed by atoms with Crippen molar-refractivity contribution in [2.75, 3.05) is 20.2 Å². The molecule has 3 nitrogen and oxygen atoms in total. The fourth-order valence-electron chi connectivity index (χ4n) is 2.17. The number of hydrogen-bond acceptors (Lipinski definition) is 2. The minimum Gasteiger partial charge on any atom is -0.497 e. The maximum Gasteiger partial charge on any atom is 0.226 e. The first-order chi connectivity index (χ1) is 8.29. The van der Waals surface area contributed by atoms with E-state index in [1.807, 2.05) is 29.2 Å². The molecule has 0 bridgehead atoms. The quantitative estimate of drug-likeness (QED) is 0.801. The lowest BCUT2D eigenvalue weighted by atomic mass is 10.1. The van der Waals surface area contributed by atoms with Crippen LogP contribution in [-0.2, 0) is 11.2 Å². The first-order valence-electron chi connectivity index (χ1n) is 6.20. The van der Waals surface area contributed by atoms with Gasteiger partial charge in [0.1, 0.15) is 5.75 Å². The molecule has 17 heavy (non-hydrogen) atoms. The van der Waals surface area contributed by atoms with Crippen molar-refractivity contribution in [1.82, 2.24) is 4.90 Å². The fourth-order valence-corrected chi connectivity index (χ4v) is 2.17. The van der Waals surface area contributed by atoms with Gasteiger partial charge in [-0.25, -0.2) is 0 Å². The molecule has 0 spiro atoms. The zero-order chi connectivity index (χ0) is 12.1. The number of carbonyl (C=O) groups excluding carboxylic acids is 1. The van der Waals surface area contributed by atoms with Crippen molar-refractivity contribution in [3.05, 3.63) is 29.8 Å². The molecule has 1 fully saturated rings. The van der Waals surface area contributed by atoms with Gasteiger partial charge in [-0.05, 0) is 37.0 Å². The topological polar surface area (TPSA) is 29.5 Å². The third-order valence-corrected chi connectivity index (χ3v) is 3.22. The Hall–Kier alpha value is -1.51. The van der Waals surface area contributed by atoms with E-state index in [4.69, 9.17) is 4.74 Å². The molecule has 1 saturated heterocycles. The molecule has 0 radical (unpaired) electrons. The highest BCUT2D eigenvalue weighted by molar-refractivity contribution is 5.78. The van der Waals surface area contributed by atoms with E-state index in [-0.39, 0.29) is 5.91 Å². The van der Waals surface area contributed by atoms with Gasteiger partial charge in [0.05, 0.1) is 13.5 Å². The minimum absolute atomic E-state index is 0.245. The molecule has 1 aliphatic heterocycles. The lowest BCUT2D eigenvalue weighted by molar-refractivity contribution is -0.131. The Kier molecular flexibility index (Phi) is 4.02. The molecule has 1 amide bonds. The van der Waals surface area contributed by atoms with Gasteiger partial charge in [0.25, 0.3) is 0 Å². The second kappa shape index (κ2) is 5.71. The number of likely N-dealkylation sites (tertiary alicyclic amines) is 1. The van der Waals surface area contributed by atoms with Crippen LogP contribution in [0.2, 0.25) is 0 Å². The average Bonchev–Trinajstić information content (AvgIpc) is 2.40. The van der Waals surface area contributed by atoms with Crippen LogP contribution in [0.5, 0.6) is 5.75 Å². The average molecular weight is 233 g/mol. The van der Waals surface area contributed by atoms with Crippen LogP contribution in [0, 0.1) is 0 Å². The Morgan fingerprint density at radius 1 is 1.18 bits per heavy atom. The summed E-state index contributed by atoms with van der Waals surface area (Å²) < 4.78 is 5.10. The van der Waals surface area contributed by atoms with Crippen LogP contribution in [0.15, 0.2) is 24.3 Å². The maximum absolute atomic E-state index is 12.0. The predicted molar refractivity (Wildman–Crippen MR) is 67.1 cm³/mol. The van der Waals surface area contributed by atoms with Crippen molar-refractivity contribution >= 4 is 5.91 Å². The second-order valence-corrected chi connectivity index (χ2v) is 4.47. The molecule has 0 unspecified atom stereocenters. The van der Waals surface area contributed by atoms with E-state index < -0.39 is 0 Å². The van der Waals surface area contributed by atoms with Crippen molar-refractivity contribution in [3.63, 3.8) is 0 Å². The lowest BCUT2D eigenvalue weighted by Gasteiger charge is -2.26. The van der Waals surface area contributed by atoms with Gasteiger partial charge in [0.2, 0.25) is 5.91 Å². The van der Waals surface area contributed by atoms with Crippen LogP contribution in [0.1, 0.15) is 24.8 Å². The Balaban J connectivity index is 1.92. The highest BCUT2D eigenvalue weighted by Gasteiger charge is 2.16. The first kappa shape index (κ1) is 12.0. The van der Waals surface area contributed by atoms with Crippen LogP contribution in [0.3, 0.4) is 0 Å². The summed E-state index contributed by atoms with van der Waals surface area (Å²) in [6.45, 7) is 1.85. The Morgan fingerprint density at radius 3 is 2.41 bits per heavy atom. The summed E-state index contributed by atoms with van der Waals surface area (Å²) in [6.07, 6.45) is 4.05. The van der Waals surface area contributed by atoms with E-state index in [1.165, 1.54) is 6.42 Å². The van der Waals surface area contributed by atoms with Gasteiger partial charge >= 0.3 is 0 Å². The molecule has 0 aromatic heterocycles. The van der Waals surface area contributed by atoms with Gasteiger partial charge in [-0.2, -0.15) is 0 Å². The number of nitrogens with zero attached hydrogens (tertiary/aromatic N) is 1. The zero-order valence-electron chi connectivity index (χ0n) is 10.3. The summed E-state index contributed by atoms with van der Waals surface area (Å²) in [6, 6.07) is 7.72. The van der Waals surface area contributed by atoms with Crippen molar-refractivity contribution in [2.24, 2.45) is 0 Å². The Labute approximate surface area is 102 Å². The molecule has 1 heterocycles. The number of ether oxygens (including phenoxy) is 1. The maximum atomic E-state index is 12.0. The summed E-state index contributed by atoms with van der Waals surface area (Å²) in [5, 5.41) is 0. The van der Waals surface area contributed by atoms with Gasteiger partial charge in [0.15, 0.2) is 0 Å². The molecular weight excluding hydrogens is 214 g/mol. The van der Waals surface area contributed by atoms with E-state index in [0.717, 1.165) is 37.2 Å². The fraction of sp³-hybridized carbons (Fsp3) is 0.500. The summed E-state index contributed by atoms with van der Waals surface area (Å²) in [5.74, 6) is 1.08. The molecule has 1 aromatic rings. The molecule has 0 saturated carbocycles. The van der Waals surface area contributed by atoms with Crippen LogP contribution < -0.4 is 4.74 Å². The van der Waals surface area contributed by atoms with Gasteiger partial charge < -0.3 is 9.64 Å². The standard InChI is InChI=1S/C14H19NO2/c1-17-13-7-5-12(6-8-13)11-14(16)15-9-3-2-4-10-15/h5-8H,2-4,9-11H2,1H3. The number of piperidine rings is 1. The summed E-state index contributed by atoms with van der Waals surface area (Å²) in [5.41, 5.74) is 1.06. The number of benzene rings is 1.